The van der Waals surface area contributed by atoms with E-state index in [1.165, 1.54) is 6.07 Å². The number of aromatic nitrogens is 2. The number of hydrogen-bond acceptors (Lipinski definition) is 3. The van der Waals surface area contributed by atoms with E-state index in [1.54, 1.807) is 48.2 Å². The van der Waals surface area contributed by atoms with E-state index in [0.29, 0.717) is 12.1 Å². The average Bonchev–Trinajstić information content (AvgIpc) is 2.95. The number of aryl methyl sites for hydroxylation is 1. The molecule has 8 heteroatoms. The van der Waals surface area contributed by atoms with Crippen LogP contribution >= 0.6 is 28.3 Å². The number of amides is 1. The molecule has 1 amide bonds. The van der Waals surface area contributed by atoms with Gasteiger partial charge in [-0.1, -0.05) is 15.9 Å². The number of halogens is 3. The molecule has 2 aromatic rings. The van der Waals surface area contributed by atoms with Crippen LogP contribution in [0.15, 0.2) is 35.1 Å². The van der Waals surface area contributed by atoms with Crippen LogP contribution in [0.3, 0.4) is 0 Å². The van der Waals surface area contributed by atoms with Crippen molar-refractivity contribution in [3.05, 3.63) is 52.0 Å². The Morgan fingerprint density at radius 3 is 2.75 bits per heavy atom. The summed E-state index contributed by atoms with van der Waals surface area (Å²) in [5.41, 5.74) is 1.27. The quantitative estimate of drug-likeness (QED) is 0.783. The van der Waals surface area contributed by atoms with Gasteiger partial charge in [0.1, 0.15) is 11.9 Å². The summed E-state index contributed by atoms with van der Waals surface area (Å²) in [6.07, 6.45) is 3.46. The molecule has 1 aromatic carbocycles. The van der Waals surface area contributed by atoms with Gasteiger partial charge in [0, 0.05) is 41.9 Å². The highest BCUT2D eigenvalue weighted by Crippen LogP contribution is 2.20. The maximum absolute atomic E-state index is 14.0. The van der Waals surface area contributed by atoms with Gasteiger partial charge in [-0.2, -0.15) is 5.10 Å². The topological polar surface area (TPSA) is 50.2 Å². The van der Waals surface area contributed by atoms with Gasteiger partial charge in [0.25, 0.3) is 0 Å². The fourth-order valence-electron chi connectivity index (χ4n) is 2.42. The van der Waals surface area contributed by atoms with E-state index in [1.807, 2.05) is 6.92 Å². The van der Waals surface area contributed by atoms with Crippen LogP contribution in [0.5, 0.6) is 0 Å². The summed E-state index contributed by atoms with van der Waals surface area (Å²) in [7, 11) is 3.53. The van der Waals surface area contributed by atoms with Crippen LogP contribution in [0.25, 0.3) is 0 Å². The standard InChI is InChI=1S/C16H20BrFN4O.ClH/c1-4-22(10-11-7-13(17)5-6-14(11)18)16(23)15(19-2)12-8-20-21(3)9-12;/h5-9,15,19H,4,10H2,1-3H3;1H. The summed E-state index contributed by atoms with van der Waals surface area (Å²) in [6, 6.07) is 4.24. The number of hydrogen-bond donors (Lipinski definition) is 1. The van der Waals surface area contributed by atoms with Gasteiger partial charge in [0.2, 0.25) is 5.91 Å². The average molecular weight is 420 g/mol. The van der Waals surface area contributed by atoms with Crippen molar-refractivity contribution in [2.45, 2.75) is 19.5 Å². The highest BCUT2D eigenvalue weighted by molar-refractivity contribution is 9.10. The Hall–Kier alpha value is -1.44. The van der Waals surface area contributed by atoms with Crippen molar-refractivity contribution in [3.8, 4) is 0 Å². The first-order valence-corrected chi connectivity index (χ1v) is 8.14. The third-order valence-corrected chi connectivity index (χ3v) is 4.15. The highest BCUT2D eigenvalue weighted by atomic mass is 79.9. The lowest BCUT2D eigenvalue weighted by molar-refractivity contribution is -0.134. The first-order valence-electron chi connectivity index (χ1n) is 7.34. The lowest BCUT2D eigenvalue weighted by atomic mass is 10.1. The van der Waals surface area contributed by atoms with Crippen LogP contribution in [0.2, 0.25) is 0 Å². The zero-order valence-electron chi connectivity index (χ0n) is 13.8. The maximum atomic E-state index is 14.0. The molecule has 0 radical (unpaired) electrons. The van der Waals surface area contributed by atoms with E-state index >= 15 is 0 Å². The number of carbonyl (C=O) groups excluding carboxylic acids is 1. The van der Waals surface area contributed by atoms with Crippen LogP contribution < -0.4 is 5.32 Å². The number of benzene rings is 1. The minimum absolute atomic E-state index is 0. The van der Waals surface area contributed by atoms with Crippen molar-refractivity contribution in [1.82, 2.24) is 20.0 Å². The first-order chi connectivity index (χ1) is 11.0. The van der Waals surface area contributed by atoms with Crippen molar-refractivity contribution in [1.29, 1.82) is 0 Å². The first kappa shape index (κ1) is 20.6. The van der Waals surface area contributed by atoms with E-state index in [4.69, 9.17) is 0 Å². The second kappa shape index (κ2) is 9.15. The Labute approximate surface area is 155 Å². The molecule has 1 unspecified atom stereocenters. The molecule has 132 valence electrons. The number of carbonyl (C=O) groups is 1. The van der Waals surface area contributed by atoms with E-state index in [-0.39, 0.29) is 30.7 Å². The minimum Gasteiger partial charge on any atom is -0.337 e. The molecule has 0 aliphatic heterocycles. The number of rotatable bonds is 6. The summed E-state index contributed by atoms with van der Waals surface area (Å²) in [6.45, 7) is 2.59. The van der Waals surface area contributed by atoms with E-state index in [2.05, 4.69) is 26.3 Å². The molecular formula is C16H21BrClFN4O. The van der Waals surface area contributed by atoms with Crippen LogP contribution in [-0.4, -0.2) is 34.2 Å². The second-order valence-corrected chi connectivity index (χ2v) is 6.17. The third-order valence-electron chi connectivity index (χ3n) is 3.66. The Kier molecular flexibility index (Phi) is 7.86. The van der Waals surface area contributed by atoms with Crippen molar-refractivity contribution in [2.75, 3.05) is 13.6 Å². The zero-order chi connectivity index (χ0) is 17.0. The van der Waals surface area contributed by atoms with Crippen LogP contribution in [0.4, 0.5) is 4.39 Å². The predicted molar refractivity (Wildman–Crippen MR) is 97.4 cm³/mol. The molecule has 2 rings (SSSR count). The Balaban J connectivity index is 0.00000288. The van der Waals surface area contributed by atoms with Crippen molar-refractivity contribution in [3.63, 3.8) is 0 Å². The fraction of sp³-hybridized carbons (Fsp3) is 0.375. The van der Waals surface area contributed by atoms with Crippen molar-refractivity contribution >= 4 is 34.2 Å². The van der Waals surface area contributed by atoms with Gasteiger partial charge in [-0.3, -0.25) is 9.48 Å². The van der Waals surface area contributed by atoms with Gasteiger partial charge in [-0.15, -0.1) is 12.4 Å². The monoisotopic (exact) mass is 418 g/mol. The van der Waals surface area contributed by atoms with Crippen molar-refractivity contribution in [2.24, 2.45) is 7.05 Å². The SMILES string of the molecule is CCN(Cc1cc(Br)ccc1F)C(=O)C(NC)c1cnn(C)c1.Cl. The summed E-state index contributed by atoms with van der Waals surface area (Å²) in [5, 5.41) is 7.11. The van der Waals surface area contributed by atoms with Gasteiger partial charge >= 0.3 is 0 Å². The van der Waals surface area contributed by atoms with Crippen LogP contribution in [0.1, 0.15) is 24.1 Å². The summed E-state index contributed by atoms with van der Waals surface area (Å²) in [5.74, 6) is -0.427. The van der Waals surface area contributed by atoms with E-state index in [0.717, 1.165) is 10.0 Å². The molecule has 5 nitrogen and oxygen atoms in total. The molecule has 24 heavy (non-hydrogen) atoms. The summed E-state index contributed by atoms with van der Waals surface area (Å²) >= 11 is 3.33. The molecular weight excluding hydrogens is 399 g/mol. The molecule has 1 atom stereocenters. The molecule has 0 bridgehead atoms. The van der Waals surface area contributed by atoms with Gasteiger partial charge < -0.3 is 10.2 Å². The normalized spacial score (nSPS) is 11.7. The van der Waals surface area contributed by atoms with Crippen LogP contribution in [-0.2, 0) is 18.4 Å². The van der Waals surface area contributed by atoms with Gasteiger partial charge in [-0.05, 0) is 32.2 Å². The Morgan fingerprint density at radius 2 is 2.21 bits per heavy atom. The number of nitrogens with zero attached hydrogens (tertiary/aromatic N) is 3. The third kappa shape index (κ3) is 4.78. The van der Waals surface area contributed by atoms with Gasteiger partial charge in [0.05, 0.1) is 6.20 Å². The van der Waals surface area contributed by atoms with E-state index < -0.39 is 6.04 Å². The smallest absolute Gasteiger partial charge is 0.244 e. The molecule has 0 spiro atoms. The van der Waals surface area contributed by atoms with Gasteiger partial charge in [-0.25, -0.2) is 4.39 Å². The molecule has 0 saturated heterocycles. The molecule has 0 fully saturated rings. The molecule has 0 aliphatic carbocycles. The Bertz CT molecular complexity index is 694. The summed E-state index contributed by atoms with van der Waals surface area (Å²) < 4.78 is 16.4. The van der Waals surface area contributed by atoms with Gasteiger partial charge in [0.15, 0.2) is 0 Å². The largest absolute Gasteiger partial charge is 0.337 e. The molecule has 1 heterocycles. The molecule has 0 saturated carbocycles. The maximum Gasteiger partial charge on any atom is 0.244 e. The highest BCUT2D eigenvalue weighted by Gasteiger charge is 2.25. The summed E-state index contributed by atoms with van der Waals surface area (Å²) in [4.78, 5) is 14.4. The number of nitrogens with one attached hydrogen (secondary N) is 1. The minimum atomic E-state index is -0.501. The Morgan fingerprint density at radius 1 is 1.50 bits per heavy atom. The lowest BCUT2D eigenvalue weighted by Crippen LogP contribution is -2.39. The second-order valence-electron chi connectivity index (χ2n) is 5.26. The molecule has 1 aromatic heterocycles. The lowest BCUT2D eigenvalue weighted by Gasteiger charge is -2.26. The fourth-order valence-corrected chi connectivity index (χ4v) is 2.83. The zero-order valence-corrected chi connectivity index (χ0v) is 16.2. The van der Waals surface area contributed by atoms with Crippen LogP contribution in [0, 0.1) is 5.82 Å². The molecule has 1 N–H and O–H groups in total. The predicted octanol–water partition coefficient (Wildman–Crippen LogP) is 3.05. The number of likely N-dealkylation sites (N-methyl/N-ethyl adjacent to an activating group) is 2. The van der Waals surface area contributed by atoms with Crippen molar-refractivity contribution < 1.29 is 9.18 Å². The van der Waals surface area contributed by atoms with E-state index in [9.17, 15) is 9.18 Å². The molecule has 0 aliphatic rings.